The number of rotatable bonds is 9. The molecular weight excluding hydrogens is 412 g/mol. The molecule has 0 radical (unpaired) electrons. The molecule has 2 aromatic carbocycles. The molecule has 3 aromatic rings. The van der Waals surface area contributed by atoms with Crippen molar-refractivity contribution in [1.82, 2.24) is 10.3 Å². The van der Waals surface area contributed by atoms with Crippen molar-refractivity contribution < 1.29 is 9.90 Å². The summed E-state index contributed by atoms with van der Waals surface area (Å²) in [5, 5.41) is 20.1. The van der Waals surface area contributed by atoms with E-state index in [1.807, 2.05) is 30.5 Å². The van der Waals surface area contributed by atoms with Crippen molar-refractivity contribution in [2.24, 2.45) is 0 Å². The summed E-state index contributed by atoms with van der Waals surface area (Å²) < 4.78 is 0. The summed E-state index contributed by atoms with van der Waals surface area (Å²) in [6, 6.07) is 21.0. The first kappa shape index (κ1) is 21.5. The maximum absolute atomic E-state index is 11.2. The molecule has 1 aliphatic carbocycles. The highest BCUT2D eigenvalue weighted by atomic mass is 16.4. The summed E-state index contributed by atoms with van der Waals surface area (Å²) >= 11 is 0. The van der Waals surface area contributed by atoms with Crippen molar-refractivity contribution in [1.29, 1.82) is 0 Å². The monoisotopic (exact) mass is 442 g/mol. The van der Waals surface area contributed by atoms with Crippen LogP contribution in [0.4, 0.5) is 11.5 Å². The van der Waals surface area contributed by atoms with Crippen molar-refractivity contribution in [3.63, 3.8) is 0 Å². The molecule has 2 atom stereocenters. The van der Waals surface area contributed by atoms with Gasteiger partial charge in [-0.3, -0.25) is 4.79 Å². The molecule has 1 fully saturated rings. The second-order valence-corrected chi connectivity index (χ2v) is 9.00. The molecule has 0 amide bonds. The number of nitrogens with one attached hydrogen (secondary N) is 3. The normalized spacial score (nSPS) is 18.0. The zero-order chi connectivity index (χ0) is 22.6. The van der Waals surface area contributed by atoms with Crippen molar-refractivity contribution in [2.75, 3.05) is 23.7 Å². The van der Waals surface area contributed by atoms with Gasteiger partial charge in [0, 0.05) is 12.7 Å². The molecule has 6 nitrogen and oxygen atoms in total. The van der Waals surface area contributed by atoms with Crippen LogP contribution in [-0.2, 0) is 17.6 Å². The Morgan fingerprint density at radius 3 is 2.76 bits per heavy atom. The van der Waals surface area contributed by atoms with Crippen LogP contribution in [0.5, 0.6) is 0 Å². The van der Waals surface area contributed by atoms with Crippen LogP contribution in [0.15, 0.2) is 66.9 Å². The fourth-order valence-electron chi connectivity index (χ4n) is 4.78. The van der Waals surface area contributed by atoms with Crippen molar-refractivity contribution in [2.45, 2.75) is 43.7 Å². The third kappa shape index (κ3) is 5.17. The summed E-state index contributed by atoms with van der Waals surface area (Å²) in [5.41, 5.74) is 5.81. The van der Waals surface area contributed by atoms with E-state index in [-0.39, 0.29) is 18.5 Å². The number of nitrogens with zero attached hydrogens (tertiary/aromatic N) is 1. The third-order valence-electron chi connectivity index (χ3n) is 6.54. The number of fused-ring (bicyclic) bond motifs is 1. The lowest BCUT2D eigenvalue weighted by atomic mass is 9.95. The minimum atomic E-state index is -0.785. The molecule has 170 valence electrons. The average Bonchev–Trinajstić information content (AvgIpc) is 3.67. The molecule has 1 aromatic heterocycles. The number of hydrogen-bond donors (Lipinski definition) is 4. The number of aliphatic carboxylic acids is 1. The Morgan fingerprint density at radius 2 is 1.97 bits per heavy atom. The summed E-state index contributed by atoms with van der Waals surface area (Å²) in [4.78, 5) is 15.7. The number of carboxylic acid groups (broad SMARTS) is 1. The van der Waals surface area contributed by atoms with Gasteiger partial charge in [-0.2, -0.15) is 0 Å². The molecule has 0 unspecified atom stereocenters. The molecule has 5 rings (SSSR count). The van der Waals surface area contributed by atoms with E-state index >= 15 is 0 Å². The van der Waals surface area contributed by atoms with Crippen LogP contribution < -0.4 is 16.0 Å². The maximum atomic E-state index is 11.2. The van der Waals surface area contributed by atoms with Gasteiger partial charge in [-0.25, -0.2) is 4.98 Å². The Bertz CT molecular complexity index is 1110. The number of benzene rings is 2. The van der Waals surface area contributed by atoms with Gasteiger partial charge in [0.1, 0.15) is 5.82 Å². The molecule has 4 N–H and O–H groups in total. The first-order valence-corrected chi connectivity index (χ1v) is 11.7. The molecule has 2 aliphatic rings. The van der Waals surface area contributed by atoms with Crippen LogP contribution in [0, 0.1) is 0 Å². The van der Waals surface area contributed by atoms with Crippen LogP contribution >= 0.6 is 0 Å². The minimum absolute atomic E-state index is 0.0715. The highest BCUT2D eigenvalue weighted by Crippen LogP contribution is 2.42. The first-order valence-electron chi connectivity index (χ1n) is 11.7. The van der Waals surface area contributed by atoms with Gasteiger partial charge in [0.05, 0.1) is 24.2 Å². The smallest absolute Gasteiger partial charge is 0.307 e. The third-order valence-corrected chi connectivity index (χ3v) is 6.54. The largest absolute Gasteiger partial charge is 0.481 e. The van der Waals surface area contributed by atoms with Crippen LogP contribution in [0.1, 0.15) is 47.1 Å². The van der Waals surface area contributed by atoms with Gasteiger partial charge in [-0.05, 0) is 66.1 Å². The van der Waals surface area contributed by atoms with E-state index in [0.717, 1.165) is 36.6 Å². The number of aromatic nitrogens is 1. The van der Waals surface area contributed by atoms with Crippen molar-refractivity contribution in [3.8, 4) is 0 Å². The molecule has 33 heavy (non-hydrogen) atoms. The Balaban J connectivity index is 1.32. The van der Waals surface area contributed by atoms with Gasteiger partial charge in [-0.15, -0.1) is 0 Å². The summed E-state index contributed by atoms with van der Waals surface area (Å²) in [6.07, 6.45) is 5.22. The zero-order valence-electron chi connectivity index (χ0n) is 18.6. The Hall–Kier alpha value is -3.38. The van der Waals surface area contributed by atoms with Crippen LogP contribution in [-0.4, -0.2) is 35.2 Å². The van der Waals surface area contributed by atoms with E-state index in [2.05, 4.69) is 57.3 Å². The minimum Gasteiger partial charge on any atom is -0.481 e. The fraction of sp³-hybridized carbons (Fsp3) is 0.333. The standard InChI is InChI=1S/C27H30N4O2/c32-25(33)16-18-8-11-22(19-9-10-19)21(15-18)12-14-28-26(20-5-2-1-3-6-20)24-17-30-23-7-4-13-29-27(23)31-24/h1-8,11,13,15,19,24,26,28,30H,9-10,12,14,16-17H2,(H,29,31)(H,32,33)/t24-,26-/m1/s1. The van der Waals surface area contributed by atoms with Crippen LogP contribution in [0.25, 0.3) is 0 Å². The SMILES string of the molecule is O=C(O)Cc1ccc(C2CC2)c(CCN[C@H](c2ccccc2)[C@H]2CNc3cccnc3N2)c1. The second kappa shape index (κ2) is 9.63. The Kier molecular flexibility index (Phi) is 6.26. The molecule has 6 heteroatoms. The predicted molar refractivity (Wildman–Crippen MR) is 131 cm³/mol. The van der Waals surface area contributed by atoms with Gasteiger partial charge in [-0.1, -0.05) is 48.5 Å². The highest BCUT2D eigenvalue weighted by Gasteiger charge is 2.28. The predicted octanol–water partition coefficient (Wildman–Crippen LogP) is 4.37. The topological polar surface area (TPSA) is 86.3 Å². The Morgan fingerprint density at radius 1 is 1.12 bits per heavy atom. The highest BCUT2D eigenvalue weighted by molar-refractivity contribution is 5.70. The van der Waals surface area contributed by atoms with E-state index in [4.69, 9.17) is 0 Å². The quantitative estimate of drug-likeness (QED) is 0.394. The molecule has 1 aliphatic heterocycles. The molecule has 0 saturated heterocycles. The number of pyridine rings is 1. The molecule has 0 spiro atoms. The van der Waals surface area contributed by atoms with E-state index in [0.29, 0.717) is 5.92 Å². The van der Waals surface area contributed by atoms with Gasteiger partial charge >= 0.3 is 5.97 Å². The van der Waals surface area contributed by atoms with Gasteiger partial charge in [0.25, 0.3) is 0 Å². The number of carbonyl (C=O) groups is 1. The summed E-state index contributed by atoms with van der Waals surface area (Å²) in [5.74, 6) is 0.733. The Labute approximate surface area is 194 Å². The summed E-state index contributed by atoms with van der Waals surface area (Å²) in [6.45, 7) is 1.61. The average molecular weight is 443 g/mol. The molecule has 0 bridgehead atoms. The van der Waals surface area contributed by atoms with Gasteiger partial charge < -0.3 is 21.1 Å². The fourth-order valence-corrected chi connectivity index (χ4v) is 4.78. The summed E-state index contributed by atoms with van der Waals surface area (Å²) in [7, 11) is 0. The first-order chi connectivity index (χ1) is 16.2. The van der Waals surface area contributed by atoms with Gasteiger partial charge in [0.2, 0.25) is 0 Å². The van der Waals surface area contributed by atoms with Crippen molar-refractivity contribution in [3.05, 3.63) is 89.1 Å². The van der Waals surface area contributed by atoms with E-state index in [1.165, 1.54) is 29.5 Å². The number of anilines is 2. The lowest BCUT2D eigenvalue weighted by molar-refractivity contribution is -0.136. The lowest BCUT2D eigenvalue weighted by Gasteiger charge is -2.34. The van der Waals surface area contributed by atoms with E-state index in [9.17, 15) is 9.90 Å². The lowest BCUT2D eigenvalue weighted by Crippen LogP contribution is -2.44. The van der Waals surface area contributed by atoms with Crippen LogP contribution in [0.3, 0.4) is 0 Å². The van der Waals surface area contributed by atoms with Crippen molar-refractivity contribution >= 4 is 17.5 Å². The van der Waals surface area contributed by atoms with E-state index < -0.39 is 5.97 Å². The number of hydrogen-bond acceptors (Lipinski definition) is 5. The van der Waals surface area contributed by atoms with Gasteiger partial charge in [0.15, 0.2) is 0 Å². The molecule has 2 heterocycles. The number of carboxylic acids is 1. The maximum Gasteiger partial charge on any atom is 0.307 e. The molecule has 1 saturated carbocycles. The van der Waals surface area contributed by atoms with E-state index in [1.54, 1.807) is 0 Å². The molecular formula is C27H30N4O2. The van der Waals surface area contributed by atoms with Crippen LogP contribution in [0.2, 0.25) is 0 Å². The zero-order valence-corrected chi connectivity index (χ0v) is 18.6. The second-order valence-electron chi connectivity index (χ2n) is 9.00.